The van der Waals surface area contributed by atoms with Gasteiger partial charge in [0.2, 0.25) is 0 Å². The maximum absolute atomic E-state index is 13.0. The van der Waals surface area contributed by atoms with Crippen LogP contribution in [-0.2, 0) is 14.9 Å². The van der Waals surface area contributed by atoms with Gasteiger partial charge in [-0.05, 0) is 61.6 Å². The Morgan fingerprint density at radius 2 is 1.56 bits per heavy atom. The number of carboxylic acid groups (broad SMARTS) is 1. The Balaban J connectivity index is 1.28. The molecule has 0 spiro atoms. The number of carbonyl (C=O) groups excluding carboxylic acids is 1. The second kappa shape index (κ2) is 10.5. The zero-order valence-electron chi connectivity index (χ0n) is 22.6. The highest BCUT2D eigenvalue weighted by Crippen LogP contribution is 2.48. The average Bonchev–Trinajstić information content (AvgIpc) is 3.72. The van der Waals surface area contributed by atoms with Crippen LogP contribution in [0.3, 0.4) is 0 Å². The lowest BCUT2D eigenvalue weighted by Crippen LogP contribution is -2.19. The fraction of sp³-hybridized carbons (Fsp3) is 0.176. The van der Waals surface area contributed by atoms with Crippen molar-refractivity contribution in [2.45, 2.75) is 38.2 Å². The van der Waals surface area contributed by atoms with Crippen molar-refractivity contribution in [3.05, 3.63) is 113 Å². The zero-order chi connectivity index (χ0) is 28.7. The van der Waals surface area contributed by atoms with E-state index in [9.17, 15) is 14.7 Å². The molecule has 1 atom stereocenters. The summed E-state index contributed by atoms with van der Waals surface area (Å²) in [6.07, 6.45) is 0.185. The Labute approximate surface area is 242 Å². The van der Waals surface area contributed by atoms with Crippen LogP contribution in [0.5, 0.6) is 0 Å². The lowest BCUT2D eigenvalue weighted by molar-refractivity contribution is -0.140. The van der Waals surface area contributed by atoms with Crippen molar-refractivity contribution < 1.29 is 23.8 Å². The first-order valence-electron chi connectivity index (χ1n) is 13.5. The van der Waals surface area contributed by atoms with Crippen LogP contribution in [-0.4, -0.2) is 17.2 Å². The number of carboxylic acids is 1. The highest BCUT2D eigenvalue weighted by molar-refractivity contribution is 6.31. The number of nitrogens with one attached hydrogen (secondary N) is 1. The molecule has 1 heterocycles. The molecule has 5 aromatic rings. The molecule has 0 aliphatic heterocycles. The smallest absolute Gasteiger partial charge is 0.412 e. The van der Waals surface area contributed by atoms with Gasteiger partial charge in [0.05, 0.1) is 11.1 Å². The predicted octanol–water partition coefficient (Wildman–Crippen LogP) is 9.15. The highest BCUT2D eigenvalue weighted by atomic mass is 35.5. The Morgan fingerprint density at radius 1 is 0.927 bits per heavy atom. The number of anilines is 1. The minimum atomic E-state index is -0.762. The van der Waals surface area contributed by atoms with Crippen LogP contribution >= 0.6 is 11.6 Å². The highest BCUT2D eigenvalue weighted by Gasteiger charge is 2.51. The van der Waals surface area contributed by atoms with Gasteiger partial charge in [0.15, 0.2) is 5.76 Å². The van der Waals surface area contributed by atoms with E-state index in [1.54, 1.807) is 13.0 Å². The lowest BCUT2D eigenvalue weighted by Gasteiger charge is -2.15. The summed E-state index contributed by atoms with van der Waals surface area (Å²) < 4.78 is 11.9. The Kier molecular flexibility index (Phi) is 6.80. The van der Waals surface area contributed by atoms with Gasteiger partial charge in [0.1, 0.15) is 11.7 Å². The Morgan fingerprint density at radius 3 is 2.20 bits per heavy atom. The molecule has 1 fully saturated rings. The number of rotatable bonds is 7. The Bertz CT molecular complexity index is 1770. The minimum Gasteiger partial charge on any atom is -0.481 e. The second-order valence-electron chi connectivity index (χ2n) is 10.5. The molecule has 1 amide bonds. The number of hydrogen-bond donors (Lipinski definition) is 2. The Hall–Kier alpha value is -4.55. The van der Waals surface area contributed by atoms with Crippen LogP contribution in [0.15, 0.2) is 95.4 Å². The summed E-state index contributed by atoms with van der Waals surface area (Å²) in [6, 6.07) is 28.6. The molecular weight excluding hydrogens is 538 g/mol. The summed E-state index contributed by atoms with van der Waals surface area (Å²) in [7, 11) is 0. The molecule has 6 nitrogen and oxygen atoms in total. The van der Waals surface area contributed by atoms with Crippen molar-refractivity contribution >= 4 is 40.3 Å². The molecule has 0 unspecified atom stereocenters. The molecule has 6 rings (SSSR count). The molecule has 1 saturated carbocycles. The number of amides is 1. The van der Waals surface area contributed by atoms with E-state index in [2.05, 4.69) is 5.32 Å². The van der Waals surface area contributed by atoms with Crippen molar-refractivity contribution in [2.24, 2.45) is 0 Å². The van der Waals surface area contributed by atoms with Gasteiger partial charge in [-0.15, -0.1) is 0 Å². The topological polar surface area (TPSA) is 88.8 Å². The summed E-state index contributed by atoms with van der Waals surface area (Å²) >= 11 is 6.30. The number of halogens is 1. The summed E-state index contributed by atoms with van der Waals surface area (Å²) in [5.41, 5.74) is 5.79. The van der Waals surface area contributed by atoms with E-state index >= 15 is 0 Å². The van der Waals surface area contributed by atoms with Crippen LogP contribution in [0, 0.1) is 6.92 Å². The van der Waals surface area contributed by atoms with Crippen molar-refractivity contribution in [3.8, 4) is 22.5 Å². The first-order chi connectivity index (χ1) is 19.7. The van der Waals surface area contributed by atoms with Gasteiger partial charge in [-0.3, -0.25) is 10.1 Å². The van der Waals surface area contributed by atoms with Gasteiger partial charge in [0, 0.05) is 21.5 Å². The van der Waals surface area contributed by atoms with E-state index in [4.69, 9.17) is 20.8 Å². The van der Waals surface area contributed by atoms with Crippen molar-refractivity contribution in [3.63, 3.8) is 0 Å². The standard InChI is InChI=1S/C34H28ClNO5/c1-20-7-16-29-27(19-20)30(36-33(39)40-21(2)26-5-3-4-6-28(26)35)31(41-29)24-10-8-22(9-11-24)23-12-14-25(15-13-23)34(17-18-34)32(37)38/h3-16,19,21H,17-18H2,1-2H3,(H,36,39)(H,37,38)/t21-/m1/s1. The third kappa shape index (κ3) is 5.07. The van der Waals surface area contributed by atoms with E-state index < -0.39 is 23.6 Å². The first kappa shape index (κ1) is 26.7. The zero-order valence-corrected chi connectivity index (χ0v) is 23.4. The summed E-state index contributed by atoms with van der Waals surface area (Å²) in [5, 5.41) is 13.8. The minimum absolute atomic E-state index is 0.520. The monoisotopic (exact) mass is 565 g/mol. The van der Waals surface area contributed by atoms with Gasteiger partial charge >= 0.3 is 12.1 Å². The van der Waals surface area contributed by atoms with E-state index in [0.717, 1.165) is 38.8 Å². The number of furan rings is 1. The number of aliphatic carboxylic acids is 1. The van der Waals surface area contributed by atoms with Crippen molar-refractivity contribution in [2.75, 3.05) is 5.32 Å². The summed E-state index contributed by atoms with van der Waals surface area (Å²) in [5.74, 6) is -0.241. The van der Waals surface area contributed by atoms with Crippen LogP contribution < -0.4 is 5.32 Å². The quantitative estimate of drug-likeness (QED) is 0.205. The molecule has 2 N–H and O–H groups in total. The molecule has 7 heteroatoms. The van der Waals surface area contributed by atoms with Crippen LogP contribution in [0.1, 0.15) is 42.6 Å². The lowest BCUT2D eigenvalue weighted by atomic mass is 9.93. The van der Waals surface area contributed by atoms with E-state index in [0.29, 0.717) is 34.9 Å². The maximum atomic E-state index is 13.0. The molecule has 0 saturated heterocycles. The van der Waals surface area contributed by atoms with Gasteiger partial charge in [-0.25, -0.2) is 4.79 Å². The fourth-order valence-electron chi connectivity index (χ4n) is 5.25. The predicted molar refractivity (Wildman–Crippen MR) is 160 cm³/mol. The molecule has 41 heavy (non-hydrogen) atoms. The largest absolute Gasteiger partial charge is 0.481 e. The molecule has 4 aromatic carbocycles. The van der Waals surface area contributed by atoms with Gasteiger partial charge in [0.25, 0.3) is 0 Å². The number of fused-ring (bicyclic) bond motifs is 1. The SMILES string of the molecule is Cc1ccc2oc(-c3ccc(-c4ccc(C5(C(=O)O)CC5)cc4)cc3)c(NC(=O)O[C@H](C)c3ccccc3Cl)c2c1. The normalized spacial score (nSPS) is 14.4. The molecule has 0 radical (unpaired) electrons. The number of aryl methyl sites for hydroxylation is 1. The molecule has 0 bridgehead atoms. The fourth-order valence-corrected chi connectivity index (χ4v) is 5.54. The van der Waals surface area contributed by atoms with Gasteiger partial charge in [-0.2, -0.15) is 0 Å². The van der Waals surface area contributed by atoms with Gasteiger partial charge < -0.3 is 14.3 Å². The molecule has 1 aliphatic carbocycles. The summed E-state index contributed by atoms with van der Waals surface area (Å²) in [4.78, 5) is 24.7. The molecule has 206 valence electrons. The third-order valence-electron chi connectivity index (χ3n) is 7.77. The van der Waals surface area contributed by atoms with E-state index in [1.165, 1.54) is 0 Å². The molecule has 1 aromatic heterocycles. The average molecular weight is 566 g/mol. The molecule has 1 aliphatic rings. The number of carbonyl (C=O) groups is 2. The number of hydrogen-bond acceptors (Lipinski definition) is 4. The first-order valence-corrected chi connectivity index (χ1v) is 13.8. The molecular formula is C34H28ClNO5. The maximum Gasteiger partial charge on any atom is 0.412 e. The number of benzene rings is 4. The van der Waals surface area contributed by atoms with Crippen molar-refractivity contribution in [1.29, 1.82) is 0 Å². The number of ether oxygens (including phenoxy) is 1. The summed E-state index contributed by atoms with van der Waals surface area (Å²) in [6.45, 7) is 3.76. The van der Waals surface area contributed by atoms with Crippen LogP contribution in [0.4, 0.5) is 10.5 Å². The van der Waals surface area contributed by atoms with Crippen LogP contribution in [0.2, 0.25) is 5.02 Å². The van der Waals surface area contributed by atoms with Crippen LogP contribution in [0.25, 0.3) is 33.4 Å². The van der Waals surface area contributed by atoms with E-state index in [-0.39, 0.29) is 0 Å². The second-order valence-corrected chi connectivity index (χ2v) is 10.9. The third-order valence-corrected chi connectivity index (χ3v) is 8.12. The van der Waals surface area contributed by atoms with Crippen molar-refractivity contribution in [1.82, 2.24) is 0 Å². The van der Waals surface area contributed by atoms with Gasteiger partial charge in [-0.1, -0.05) is 90.0 Å². The van der Waals surface area contributed by atoms with E-state index in [1.807, 2.05) is 91.9 Å².